The van der Waals surface area contributed by atoms with Gasteiger partial charge in [0.2, 0.25) is 0 Å². The monoisotopic (exact) mass is 317 g/mol. The first kappa shape index (κ1) is 14.9. The number of benzene rings is 1. The van der Waals surface area contributed by atoms with Gasteiger partial charge in [0.15, 0.2) is 0 Å². The maximum Gasteiger partial charge on any atom is 0.328 e. The van der Waals surface area contributed by atoms with Crippen LogP contribution < -0.4 is 5.32 Å². The molecule has 1 unspecified atom stereocenters. The van der Waals surface area contributed by atoms with Crippen molar-refractivity contribution in [3.8, 4) is 0 Å². The number of hydrogen-bond donors (Lipinski definition) is 2. The van der Waals surface area contributed by atoms with Gasteiger partial charge in [0.1, 0.15) is 6.04 Å². The number of hydrogen-bond acceptors (Lipinski definition) is 4. The van der Waals surface area contributed by atoms with Crippen molar-refractivity contribution in [1.29, 1.82) is 0 Å². The van der Waals surface area contributed by atoms with Crippen LogP contribution in [0.15, 0.2) is 22.7 Å². The van der Waals surface area contributed by atoms with Gasteiger partial charge in [0.05, 0.1) is 13.2 Å². The summed E-state index contributed by atoms with van der Waals surface area (Å²) >= 11 is 3.42. The second-order valence-corrected chi connectivity index (χ2v) is 4.54. The molecule has 1 atom stereocenters. The fourth-order valence-electron chi connectivity index (χ4n) is 1.51. The first-order valence-electron chi connectivity index (χ1n) is 5.34. The number of aliphatic carboxylic acids is 1. The minimum Gasteiger partial charge on any atom is -0.480 e. The molecular weight excluding hydrogens is 302 g/mol. The van der Waals surface area contributed by atoms with Crippen molar-refractivity contribution in [1.82, 2.24) is 0 Å². The third-order valence-corrected chi connectivity index (χ3v) is 3.11. The standard InChI is InChI=1S/C12H16BrNO4/c1-17-6-8-9(13)4-3-5-10(8)14-11(7-18-2)12(15)16/h3-5,11,14H,6-7H2,1-2H3,(H,15,16). The summed E-state index contributed by atoms with van der Waals surface area (Å²) in [6, 6.07) is 4.73. The number of carboxylic acids is 1. The van der Waals surface area contributed by atoms with Crippen LogP contribution in [-0.4, -0.2) is 37.9 Å². The predicted molar refractivity (Wildman–Crippen MR) is 71.8 cm³/mol. The number of nitrogens with one attached hydrogen (secondary N) is 1. The smallest absolute Gasteiger partial charge is 0.328 e. The molecule has 0 saturated heterocycles. The number of carbonyl (C=O) groups is 1. The Kier molecular flexibility index (Phi) is 6.11. The van der Waals surface area contributed by atoms with Crippen molar-refractivity contribution in [2.24, 2.45) is 0 Å². The zero-order chi connectivity index (χ0) is 13.5. The van der Waals surface area contributed by atoms with Crippen LogP contribution in [0.25, 0.3) is 0 Å². The summed E-state index contributed by atoms with van der Waals surface area (Å²) in [7, 11) is 3.06. The van der Waals surface area contributed by atoms with E-state index in [2.05, 4.69) is 21.2 Å². The quantitative estimate of drug-likeness (QED) is 0.806. The van der Waals surface area contributed by atoms with Gasteiger partial charge in [-0.3, -0.25) is 0 Å². The van der Waals surface area contributed by atoms with Gasteiger partial charge in [-0.1, -0.05) is 22.0 Å². The van der Waals surface area contributed by atoms with E-state index in [1.165, 1.54) is 7.11 Å². The zero-order valence-corrected chi connectivity index (χ0v) is 11.9. The molecule has 6 heteroatoms. The lowest BCUT2D eigenvalue weighted by atomic mass is 10.1. The van der Waals surface area contributed by atoms with Gasteiger partial charge in [-0.05, 0) is 12.1 Å². The molecule has 18 heavy (non-hydrogen) atoms. The highest BCUT2D eigenvalue weighted by Crippen LogP contribution is 2.26. The highest BCUT2D eigenvalue weighted by atomic mass is 79.9. The molecule has 0 aliphatic heterocycles. The Labute approximate surface area is 114 Å². The topological polar surface area (TPSA) is 67.8 Å². The molecule has 0 aromatic heterocycles. The van der Waals surface area contributed by atoms with Crippen molar-refractivity contribution in [3.63, 3.8) is 0 Å². The third-order valence-electron chi connectivity index (χ3n) is 2.37. The Morgan fingerprint density at radius 2 is 2.17 bits per heavy atom. The summed E-state index contributed by atoms with van der Waals surface area (Å²) in [6.45, 7) is 0.483. The van der Waals surface area contributed by atoms with Gasteiger partial charge in [0.25, 0.3) is 0 Å². The molecule has 2 N–H and O–H groups in total. The minimum absolute atomic E-state index is 0.0915. The molecule has 0 aliphatic rings. The van der Waals surface area contributed by atoms with E-state index in [0.717, 1.165) is 15.7 Å². The lowest BCUT2D eigenvalue weighted by Gasteiger charge is -2.18. The van der Waals surface area contributed by atoms with E-state index >= 15 is 0 Å². The summed E-state index contributed by atoms with van der Waals surface area (Å²) in [4.78, 5) is 11.1. The van der Waals surface area contributed by atoms with E-state index in [4.69, 9.17) is 14.6 Å². The van der Waals surface area contributed by atoms with Crippen LogP contribution in [-0.2, 0) is 20.9 Å². The average molecular weight is 318 g/mol. The zero-order valence-electron chi connectivity index (χ0n) is 10.3. The average Bonchev–Trinajstić information content (AvgIpc) is 2.32. The summed E-state index contributed by atoms with van der Waals surface area (Å²) in [5.74, 6) is -0.958. The van der Waals surface area contributed by atoms with Crippen LogP contribution in [0.3, 0.4) is 0 Å². The van der Waals surface area contributed by atoms with Crippen LogP contribution in [0.1, 0.15) is 5.56 Å². The molecule has 0 heterocycles. The largest absolute Gasteiger partial charge is 0.480 e. The molecule has 0 fully saturated rings. The lowest BCUT2D eigenvalue weighted by Crippen LogP contribution is -2.34. The molecule has 0 saturated carbocycles. The molecule has 0 spiro atoms. The van der Waals surface area contributed by atoms with Gasteiger partial charge in [-0.25, -0.2) is 4.79 Å². The predicted octanol–water partition coefficient (Wildman–Crippen LogP) is 2.11. The SMILES string of the molecule is COCc1c(Br)cccc1NC(COC)C(=O)O. The first-order valence-corrected chi connectivity index (χ1v) is 6.14. The Morgan fingerprint density at radius 1 is 1.44 bits per heavy atom. The number of carboxylic acid groups (broad SMARTS) is 1. The molecule has 0 amide bonds. The number of anilines is 1. The highest BCUT2D eigenvalue weighted by Gasteiger charge is 2.18. The van der Waals surface area contributed by atoms with Gasteiger partial charge in [-0.15, -0.1) is 0 Å². The van der Waals surface area contributed by atoms with Gasteiger partial charge >= 0.3 is 5.97 Å². The third kappa shape index (κ3) is 3.97. The molecule has 1 aromatic carbocycles. The van der Waals surface area contributed by atoms with Gasteiger partial charge < -0.3 is 19.9 Å². The first-order chi connectivity index (χ1) is 8.60. The van der Waals surface area contributed by atoms with E-state index < -0.39 is 12.0 Å². The summed E-state index contributed by atoms with van der Waals surface area (Å²) in [5.41, 5.74) is 1.60. The Hall–Kier alpha value is -1.11. The second-order valence-electron chi connectivity index (χ2n) is 3.69. The van der Waals surface area contributed by atoms with Crippen LogP contribution in [0.2, 0.25) is 0 Å². The molecule has 0 radical (unpaired) electrons. The fourth-order valence-corrected chi connectivity index (χ4v) is 1.99. The van der Waals surface area contributed by atoms with Gasteiger partial charge in [-0.2, -0.15) is 0 Å². The van der Waals surface area contributed by atoms with E-state index in [1.54, 1.807) is 7.11 Å². The number of methoxy groups -OCH3 is 2. The van der Waals surface area contributed by atoms with Crippen LogP contribution in [0, 0.1) is 0 Å². The van der Waals surface area contributed by atoms with Crippen LogP contribution in [0.4, 0.5) is 5.69 Å². The highest BCUT2D eigenvalue weighted by molar-refractivity contribution is 9.10. The van der Waals surface area contributed by atoms with Crippen molar-refractivity contribution in [2.75, 3.05) is 26.1 Å². The number of ether oxygens (including phenoxy) is 2. The summed E-state index contributed by atoms with van der Waals surface area (Å²) < 4.78 is 10.9. The molecule has 0 bridgehead atoms. The molecule has 1 rings (SSSR count). The van der Waals surface area contributed by atoms with Gasteiger partial charge in [0, 0.05) is 29.9 Å². The van der Waals surface area contributed by atoms with E-state index in [1.807, 2.05) is 18.2 Å². The number of halogens is 1. The van der Waals surface area contributed by atoms with E-state index in [0.29, 0.717) is 6.61 Å². The fraction of sp³-hybridized carbons (Fsp3) is 0.417. The maximum absolute atomic E-state index is 11.1. The van der Waals surface area contributed by atoms with Crippen molar-refractivity contribution < 1.29 is 19.4 Å². The molecular formula is C12H16BrNO4. The second kappa shape index (κ2) is 7.35. The summed E-state index contributed by atoms with van der Waals surface area (Å²) in [5, 5.41) is 12.0. The Bertz CT molecular complexity index is 411. The lowest BCUT2D eigenvalue weighted by molar-refractivity contribution is -0.139. The minimum atomic E-state index is -0.958. The molecule has 5 nitrogen and oxygen atoms in total. The van der Waals surface area contributed by atoms with E-state index in [9.17, 15) is 4.79 Å². The van der Waals surface area contributed by atoms with Crippen molar-refractivity contribution in [2.45, 2.75) is 12.6 Å². The summed E-state index contributed by atoms with van der Waals surface area (Å²) in [6.07, 6.45) is 0. The van der Waals surface area contributed by atoms with Crippen molar-refractivity contribution >= 4 is 27.6 Å². The van der Waals surface area contributed by atoms with E-state index in [-0.39, 0.29) is 6.61 Å². The number of rotatable bonds is 7. The molecule has 100 valence electrons. The molecule has 1 aromatic rings. The normalized spacial score (nSPS) is 12.2. The Balaban J connectivity index is 2.94. The Morgan fingerprint density at radius 3 is 2.72 bits per heavy atom. The maximum atomic E-state index is 11.1. The van der Waals surface area contributed by atoms with Crippen LogP contribution in [0.5, 0.6) is 0 Å². The van der Waals surface area contributed by atoms with Crippen LogP contribution >= 0.6 is 15.9 Å². The van der Waals surface area contributed by atoms with Crippen molar-refractivity contribution in [3.05, 3.63) is 28.2 Å². The molecule has 0 aliphatic carbocycles.